The average molecular weight is 469 g/mol. The molecule has 0 saturated carbocycles. The van der Waals surface area contributed by atoms with Gasteiger partial charge in [-0.2, -0.15) is 0 Å². The number of nitrogens with zero attached hydrogens (tertiary/aromatic N) is 2. The predicted molar refractivity (Wildman–Crippen MR) is 130 cm³/mol. The van der Waals surface area contributed by atoms with Gasteiger partial charge in [-0.1, -0.05) is 0 Å². The van der Waals surface area contributed by atoms with Gasteiger partial charge < -0.3 is 29.9 Å². The van der Waals surface area contributed by atoms with Gasteiger partial charge in [-0.05, 0) is 70.7 Å². The molecule has 3 heterocycles. The zero-order chi connectivity index (χ0) is 24.5. The summed E-state index contributed by atoms with van der Waals surface area (Å²) in [6.45, 7) is 7.78. The summed E-state index contributed by atoms with van der Waals surface area (Å²) >= 11 is 0. The molecule has 2 aliphatic heterocycles. The third kappa shape index (κ3) is 5.18. The first kappa shape index (κ1) is 23.7. The van der Waals surface area contributed by atoms with Crippen molar-refractivity contribution in [2.75, 3.05) is 29.9 Å². The lowest BCUT2D eigenvalue weighted by Crippen LogP contribution is -2.41. The molecule has 0 radical (unpaired) electrons. The van der Waals surface area contributed by atoms with Gasteiger partial charge in [0.15, 0.2) is 0 Å². The number of hydrogen-bond donors (Lipinski definition) is 3. The second-order valence-corrected chi connectivity index (χ2v) is 9.84. The Morgan fingerprint density at radius 3 is 2.38 bits per heavy atom. The Hall–Kier alpha value is -3.49. The van der Waals surface area contributed by atoms with Crippen LogP contribution in [0.5, 0.6) is 5.75 Å². The van der Waals surface area contributed by atoms with E-state index < -0.39 is 23.2 Å². The number of pyridine rings is 1. The highest BCUT2D eigenvalue weighted by molar-refractivity contribution is 6.06. The molecule has 1 aromatic carbocycles. The molecule has 2 amide bonds. The maximum absolute atomic E-state index is 12.9. The molecule has 34 heavy (non-hydrogen) atoms. The van der Waals surface area contributed by atoms with Crippen LogP contribution in [0, 0.1) is 0 Å². The lowest BCUT2D eigenvalue weighted by atomic mass is 10.0. The number of aromatic hydroxyl groups is 1. The van der Waals surface area contributed by atoms with Gasteiger partial charge >= 0.3 is 6.09 Å². The van der Waals surface area contributed by atoms with Crippen molar-refractivity contribution in [2.24, 2.45) is 0 Å². The second kappa shape index (κ2) is 9.40. The number of carbonyl (C=O) groups is 2. The third-order valence-electron chi connectivity index (χ3n) is 6.08. The fraction of sp³-hybridized carbons (Fsp3) is 0.480. The van der Waals surface area contributed by atoms with Crippen molar-refractivity contribution in [3.05, 3.63) is 51.4 Å². The van der Waals surface area contributed by atoms with Crippen LogP contribution >= 0.6 is 0 Å². The number of H-pyrrole nitrogens is 1. The lowest BCUT2D eigenvalue weighted by Gasteiger charge is -2.31. The van der Waals surface area contributed by atoms with Crippen LogP contribution in [-0.4, -0.2) is 52.2 Å². The molecule has 2 aromatic rings. The number of rotatable bonds is 3. The molecule has 2 aliphatic rings. The number of fused-ring (bicyclic) bond motifs is 1. The Bertz CT molecular complexity index is 1130. The van der Waals surface area contributed by atoms with Gasteiger partial charge in [0.1, 0.15) is 16.9 Å². The Morgan fingerprint density at radius 1 is 1.06 bits per heavy atom. The normalized spacial score (nSPS) is 16.1. The van der Waals surface area contributed by atoms with Gasteiger partial charge in [-0.3, -0.25) is 9.59 Å². The molecule has 0 atom stereocenters. The highest BCUT2D eigenvalue weighted by Crippen LogP contribution is 2.29. The molecule has 1 aromatic heterocycles. The molecular formula is C25H32N4O5. The summed E-state index contributed by atoms with van der Waals surface area (Å²) in [5, 5.41) is 13.5. The molecule has 0 unspecified atom stereocenters. The van der Waals surface area contributed by atoms with Crippen molar-refractivity contribution in [1.29, 1.82) is 0 Å². The first-order chi connectivity index (χ1) is 16.1. The Kier molecular flexibility index (Phi) is 6.54. The molecule has 9 nitrogen and oxygen atoms in total. The molecule has 0 aliphatic carbocycles. The number of hydrogen-bond acceptors (Lipinski definition) is 6. The Morgan fingerprint density at radius 2 is 1.74 bits per heavy atom. The van der Waals surface area contributed by atoms with Gasteiger partial charge in [0, 0.05) is 42.3 Å². The molecular weight excluding hydrogens is 436 g/mol. The first-order valence-corrected chi connectivity index (χ1v) is 11.7. The van der Waals surface area contributed by atoms with E-state index in [-0.39, 0.29) is 17.9 Å². The third-order valence-corrected chi connectivity index (χ3v) is 6.08. The second-order valence-electron chi connectivity index (χ2n) is 9.84. The molecule has 3 N–H and O–H groups in total. The number of aromatic amines is 1. The summed E-state index contributed by atoms with van der Waals surface area (Å²) in [7, 11) is 0. The van der Waals surface area contributed by atoms with Crippen molar-refractivity contribution in [3.8, 4) is 5.75 Å². The minimum Gasteiger partial charge on any atom is -0.507 e. The van der Waals surface area contributed by atoms with E-state index in [4.69, 9.17) is 4.74 Å². The van der Waals surface area contributed by atoms with Crippen LogP contribution in [-0.2, 0) is 17.7 Å². The van der Waals surface area contributed by atoms with E-state index in [2.05, 4.69) is 15.2 Å². The van der Waals surface area contributed by atoms with E-state index in [1.54, 1.807) is 32.9 Å². The largest absolute Gasteiger partial charge is 0.507 e. The Balaban J connectivity index is 1.48. The lowest BCUT2D eigenvalue weighted by molar-refractivity contribution is 0.0219. The molecule has 1 saturated heterocycles. The average Bonchev–Trinajstić information content (AvgIpc) is 2.78. The van der Waals surface area contributed by atoms with Crippen LogP contribution in [0.1, 0.15) is 61.6 Å². The van der Waals surface area contributed by atoms with Crippen LogP contribution in [0.4, 0.5) is 16.2 Å². The fourth-order valence-corrected chi connectivity index (χ4v) is 4.39. The number of aromatic nitrogens is 1. The van der Waals surface area contributed by atoms with Crippen LogP contribution in [0.25, 0.3) is 0 Å². The zero-order valence-corrected chi connectivity index (χ0v) is 19.9. The minimum absolute atomic E-state index is 0.0902. The zero-order valence-electron chi connectivity index (χ0n) is 19.9. The molecule has 1 fully saturated rings. The minimum atomic E-state index is -0.704. The van der Waals surface area contributed by atoms with Crippen molar-refractivity contribution < 1.29 is 19.4 Å². The molecule has 0 spiro atoms. The van der Waals surface area contributed by atoms with Crippen molar-refractivity contribution in [2.45, 2.75) is 58.6 Å². The predicted octanol–water partition coefficient (Wildman–Crippen LogP) is 3.62. The molecule has 4 rings (SSSR count). The van der Waals surface area contributed by atoms with E-state index in [1.807, 2.05) is 12.1 Å². The van der Waals surface area contributed by atoms with E-state index in [1.165, 1.54) is 24.2 Å². The quantitative estimate of drug-likeness (QED) is 0.634. The van der Waals surface area contributed by atoms with E-state index >= 15 is 0 Å². The van der Waals surface area contributed by atoms with Crippen LogP contribution in [0.15, 0.2) is 29.1 Å². The number of benzene rings is 1. The summed E-state index contributed by atoms with van der Waals surface area (Å²) in [6, 6.07) is 7.49. The summed E-state index contributed by atoms with van der Waals surface area (Å²) in [4.78, 5) is 44.4. The maximum Gasteiger partial charge on any atom is 0.410 e. The van der Waals surface area contributed by atoms with Crippen molar-refractivity contribution >= 4 is 23.4 Å². The number of nitrogens with one attached hydrogen (secondary N) is 2. The van der Waals surface area contributed by atoms with Crippen LogP contribution in [0.3, 0.4) is 0 Å². The van der Waals surface area contributed by atoms with Crippen molar-refractivity contribution in [3.63, 3.8) is 0 Å². The number of anilines is 2. The summed E-state index contributed by atoms with van der Waals surface area (Å²) in [5.41, 5.74) is 0.836. The monoisotopic (exact) mass is 468 g/mol. The van der Waals surface area contributed by atoms with Crippen LogP contribution < -0.4 is 15.8 Å². The number of amides is 2. The Labute approximate surface area is 198 Å². The van der Waals surface area contributed by atoms with Crippen LogP contribution in [0.2, 0.25) is 0 Å². The van der Waals surface area contributed by atoms with Gasteiger partial charge in [0.2, 0.25) is 0 Å². The summed E-state index contributed by atoms with van der Waals surface area (Å²) in [5.74, 6) is -1.02. The van der Waals surface area contributed by atoms with E-state index in [0.717, 1.165) is 18.8 Å². The number of ether oxygens (including phenoxy) is 1. The fourth-order valence-electron chi connectivity index (χ4n) is 4.39. The summed E-state index contributed by atoms with van der Waals surface area (Å²) in [6.07, 6.45) is 3.40. The van der Waals surface area contributed by atoms with E-state index in [9.17, 15) is 19.5 Å². The highest BCUT2D eigenvalue weighted by atomic mass is 16.6. The number of carbonyl (C=O) groups excluding carboxylic acids is 2. The summed E-state index contributed by atoms with van der Waals surface area (Å²) < 4.78 is 5.39. The smallest absolute Gasteiger partial charge is 0.410 e. The molecule has 9 heteroatoms. The van der Waals surface area contributed by atoms with E-state index in [0.29, 0.717) is 29.9 Å². The van der Waals surface area contributed by atoms with Crippen molar-refractivity contribution in [1.82, 2.24) is 9.88 Å². The standard InChI is InChI=1S/C25H32N4O5/c1-25(2,3)34-24(33)29-14-11-18-19(15-29)27-23(32)20(21(18)30)22(31)26-16-7-9-17(10-8-16)28-12-5-4-6-13-28/h7-10H,4-6,11-15H2,1-3H3,(H,26,31)(H2,27,30,32). The number of piperidine rings is 1. The maximum atomic E-state index is 12.9. The van der Waals surface area contributed by atoms with Gasteiger partial charge in [-0.25, -0.2) is 4.79 Å². The molecule has 182 valence electrons. The van der Waals surface area contributed by atoms with Gasteiger partial charge in [0.25, 0.3) is 11.5 Å². The first-order valence-electron chi connectivity index (χ1n) is 11.7. The highest BCUT2D eigenvalue weighted by Gasteiger charge is 2.30. The topological polar surface area (TPSA) is 115 Å². The SMILES string of the molecule is CC(C)(C)OC(=O)N1CCc2c([nH]c(=O)c(C(=O)Nc3ccc(N4CCCCC4)cc3)c2O)C1. The molecule has 0 bridgehead atoms. The van der Waals surface area contributed by atoms with Gasteiger partial charge in [0.05, 0.1) is 6.54 Å². The van der Waals surface area contributed by atoms with Gasteiger partial charge in [-0.15, -0.1) is 0 Å².